The quantitative estimate of drug-likeness (QED) is 0.370. The van der Waals surface area contributed by atoms with Crippen molar-refractivity contribution < 1.29 is 9.59 Å². The van der Waals surface area contributed by atoms with Gasteiger partial charge < -0.3 is 5.73 Å². The third-order valence-corrected chi connectivity index (χ3v) is 7.12. The highest BCUT2D eigenvalue weighted by molar-refractivity contribution is 8.00. The normalized spacial score (nSPS) is 17.4. The molecule has 9 nitrogen and oxygen atoms in total. The summed E-state index contributed by atoms with van der Waals surface area (Å²) in [6.07, 6.45) is 1.70. The third kappa shape index (κ3) is 4.42. The molecule has 1 aliphatic carbocycles. The molecule has 1 aromatic heterocycles. The molecule has 176 valence electrons. The lowest BCUT2D eigenvalue weighted by molar-refractivity contribution is -0.121. The maximum absolute atomic E-state index is 13.2. The standard InChI is InChI=1S/C26H19N7O2S/c27-13-19-23(15-6-7-15)20(14-28)25(30-24(19)29)36-21-12-22(34)33(26(21)35)18-10-8-17(9-11-18)32-31-16-4-2-1-3-5-16/h1-5,8-11,15,21H,6-7,12H2,(H2,29,30). The van der Waals surface area contributed by atoms with Gasteiger partial charge in [-0.1, -0.05) is 30.0 Å². The number of carbonyl (C=O) groups is 2. The van der Waals surface area contributed by atoms with Gasteiger partial charge in [0.25, 0.3) is 0 Å². The average Bonchev–Trinajstić information content (AvgIpc) is 3.69. The van der Waals surface area contributed by atoms with Crippen molar-refractivity contribution in [2.45, 2.75) is 35.5 Å². The van der Waals surface area contributed by atoms with Gasteiger partial charge in [-0.3, -0.25) is 9.59 Å². The van der Waals surface area contributed by atoms with Gasteiger partial charge in [0.15, 0.2) is 0 Å². The van der Waals surface area contributed by atoms with Gasteiger partial charge in [0.1, 0.15) is 23.0 Å². The predicted octanol–water partition coefficient (Wildman–Crippen LogP) is 5.12. The molecule has 1 unspecified atom stereocenters. The molecule has 1 atom stereocenters. The zero-order valence-corrected chi connectivity index (χ0v) is 19.8. The lowest BCUT2D eigenvalue weighted by Crippen LogP contribution is -2.31. The number of nitrogens with zero attached hydrogens (tertiary/aromatic N) is 6. The fourth-order valence-electron chi connectivity index (χ4n) is 4.07. The van der Waals surface area contributed by atoms with Crippen LogP contribution in [0, 0.1) is 22.7 Å². The van der Waals surface area contributed by atoms with Crippen molar-refractivity contribution in [2.24, 2.45) is 10.2 Å². The molecule has 2 aliphatic rings. The number of anilines is 2. The fraction of sp³-hybridized carbons (Fsp3) is 0.192. The molecule has 1 saturated heterocycles. The van der Waals surface area contributed by atoms with Gasteiger partial charge >= 0.3 is 0 Å². The Morgan fingerprint density at radius 1 is 0.944 bits per heavy atom. The summed E-state index contributed by atoms with van der Waals surface area (Å²) >= 11 is 1.05. The first kappa shape index (κ1) is 23.2. The molecule has 1 saturated carbocycles. The Bertz CT molecular complexity index is 1470. The second-order valence-electron chi connectivity index (χ2n) is 8.39. The summed E-state index contributed by atoms with van der Waals surface area (Å²) in [5, 5.41) is 27.2. The number of pyridine rings is 1. The molecule has 2 fully saturated rings. The minimum atomic E-state index is -0.756. The van der Waals surface area contributed by atoms with E-state index in [1.54, 1.807) is 24.3 Å². The molecule has 0 radical (unpaired) electrons. The van der Waals surface area contributed by atoms with E-state index in [2.05, 4.69) is 27.4 Å². The Hall–Kier alpha value is -4.54. The van der Waals surface area contributed by atoms with Crippen molar-refractivity contribution in [1.82, 2.24) is 4.98 Å². The SMILES string of the molecule is N#Cc1c(N)nc(SC2CC(=O)N(c3ccc(N=Nc4ccccc4)cc3)C2=O)c(C#N)c1C1CC1. The van der Waals surface area contributed by atoms with Crippen LogP contribution in [0.2, 0.25) is 0 Å². The van der Waals surface area contributed by atoms with Gasteiger partial charge in [-0.05, 0) is 60.7 Å². The third-order valence-electron chi connectivity index (χ3n) is 5.94. The van der Waals surface area contributed by atoms with Gasteiger partial charge in [-0.2, -0.15) is 20.8 Å². The van der Waals surface area contributed by atoms with Crippen molar-refractivity contribution >= 4 is 46.5 Å². The number of carbonyl (C=O) groups excluding carboxylic acids is 2. The first-order chi connectivity index (χ1) is 17.5. The number of amides is 2. The first-order valence-corrected chi connectivity index (χ1v) is 12.1. The van der Waals surface area contributed by atoms with E-state index in [9.17, 15) is 20.1 Å². The number of nitrogen functional groups attached to an aromatic ring is 1. The highest BCUT2D eigenvalue weighted by atomic mass is 32.2. The fourth-order valence-corrected chi connectivity index (χ4v) is 5.20. The molecule has 2 N–H and O–H groups in total. The number of benzene rings is 2. The maximum Gasteiger partial charge on any atom is 0.247 e. The van der Waals surface area contributed by atoms with Crippen molar-refractivity contribution in [1.29, 1.82) is 10.5 Å². The van der Waals surface area contributed by atoms with Gasteiger partial charge in [0.05, 0.1) is 33.4 Å². The van der Waals surface area contributed by atoms with E-state index in [1.807, 2.05) is 30.3 Å². The van der Waals surface area contributed by atoms with Crippen molar-refractivity contribution in [3.63, 3.8) is 0 Å². The first-order valence-electron chi connectivity index (χ1n) is 11.2. The number of nitrogens with two attached hydrogens (primary N) is 1. The summed E-state index contributed by atoms with van der Waals surface area (Å²) in [6.45, 7) is 0. The predicted molar refractivity (Wildman–Crippen MR) is 134 cm³/mol. The molecule has 2 heterocycles. The van der Waals surface area contributed by atoms with Crippen LogP contribution in [0.4, 0.5) is 22.9 Å². The second kappa shape index (κ2) is 9.61. The number of azo groups is 1. The van der Waals surface area contributed by atoms with Crippen LogP contribution < -0.4 is 10.6 Å². The summed E-state index contributed by atoms with van der Waals surface area (Å²) in [5.74, 6) is -0.618. The minimum Gasteiger partial charge on any atom is -0.383 e. The van der Waals surface area contributed by atoms with Crippen LogP contribution in [0.5, 0.6) is 0 Å². The number of imide groups is 1. The molecule has 2 aromatic carbocycles. The van der Waals surface area contributed by atoms with Gasteiger partial charge in [0.2, 0.25) is 11.8 Å². The van der Waals surface area contributed by atoms with E-state index in [1.165, 1.54) is 0 Å². The molecule has 3 aromatic rings. The summed E-state index contributed by atoms with van der Waals surface area (Å²) in [7, 11) is 0. The second-order valence-corrected chi connectivity index (χ2v) is 9.59. The van der Waals surface area contributed by atoms with Crippen LogP contribution in [0.25, 0.3) is 0 Å². The molecule has 1 aliphatic heterocycles. The lowest BCUT2D eigenvalue weighted by atomic mass is 10.0. The van der Waals surface area contributed by atoms with Crippen LogP contribution >= 0.6 is 11.8 Å². The number of hydrogen-bond acceptors (Lipinski definition) is 9. The summed E-state index contributed by atoms with van der Waals surface area (Å²) in [6, 6.07) is 20.1. The Morgan fingerprint density at radius 3 is 2.19 bits per heavy atom. The van der Waals surface area contributed by atoms with E-state index in [0.29, 0.717) is 22.6 Å². The summed E-state index contributed by atoms with van der Waals surface area (Å²) < 4.78 is 0. The average molecular weight is 494 g/mol. The van der Waals surface area contributed by atoms with Crippen molar-refractivity contribution in [3.8, 4) is 12.1 Å². The summed E-state index contributed by atoms with van der Waals surface area (Å²) in [5.41, 5.74) is 8.82. The Balaban J connectivity index is 1.36. The Labute approximate surface area is 211 Å². The number of thioether (sulfide) groups is 1. The number of aromatic nitrogens is 1. The molecule has 0 spiro atoms. The van der Waals surface area contributed by atoms with Gasteiger partial charge in [-0.15, -0.1) is 0 Å². The number of nitriles is 2. The zero-order valence-electron chi connectivity index (χ0n) is 19.0. The van der Waals surface area contributed by atoms with Crippen LogP contribution in [0.15, 0.2) is 69.9 Å². The highest BCUT2D eigenvalue weighted by Gasteiger charge is 2.41. The van der Waals surface area contributed by atoms with Crippen LogP contribution in [0.3, 0.4) is 0 Å². The van der Waals surface area contributed by atoms with E-state index in [-0.39, 0.29) is 40.2 Å². The molecule has 5 rings (SSSR count). The summed E-state index contributed by atoms with van der Waals surface area (Å²) in [4.78, 5) is 31.4. The maximum atomic E-state index is 13.2. The monoisotopic (exact) mass is 493 g/mol. The molecular formula is C26H19N7O2S. The minimum absolute atomic E-state index is 0.0368. The number of rotatable bonds is 6. The molecule has 0 bridgehead atoms. The van der Waals surface area contributed by atoms with Crippen LogP contribution in [-0.2, 0) is 9.59 Å². The van der Waals surface area contributed by atoms with E-state index in [4.69, 9.17) is 5.73 Å². The van der Waals surface area contributed by atoms with E-state index in [0.717, 1.165) is 29.5 Å². The zero-order chi connectivity index (χ0) is 25.2. The largest absolute Gasteiger partial charge is 0.383 e. The highest BCUT2D eigenvalue weighted by Crippen LogP contribution is 2.47. The van der Waals surface area contributed by atoms with Crippen LogP contribution in [0.1, 0.15) is 41.9 Å². The lowest BCUT2D eigenvalue weighted by Gasteiger charge is -2.16. The molecular weight excluding hydrogens is 474 g/mol. The van der Waals surface area contributed by atoms with Crippen molar-refractivity contribution in [3.05, 3.63) is 71.3 Å². The smallest absolute Gasteiger partial charge is 0.247 e. The van der Waals surface area contributed by atoms with E-state index >= 15 is 0 Å². The van der Waals surface area contributed by atoms with Gasteiger partial charge in [0, 0.05) is 6.42 Å². The topological polar surface area (TPSA) is 149 Å². The molecule has 36 heavy (non-hydrogen) atoms. The van der Waals surface area contributed by atoms with Crippen molar-refractivity contribution in [2.75, 3.05) is 10.6 Å². The number of hydrogen-bond donors (Lipinski definition) is 1. The molecule has 2 amide bonds. The van der Waals surface area contributed by atoms with Crippen LogP contribution in [-0.4, -0.2) is 22.0 Å². The van der Waals surface area contributed by atoms with Gasteiger partial charge in [-0.25, -0.2) is 9.88 Å². The Morgan fingerprint density at radius 2 is 1.58 bits per heavy atom. The Kier molecular flexibility index (Phi) is 6.19. The molecule has 10 heteroatoms. The van der Waals surface area contributed by atoms with E-state index < -0.39 is 11.2 Å².